The van der Waals surface area contributed by atoms with Crippen molar-refractivity contribution < 1.29 is 28.9 Å². The van der Waals surface area contributed by atoms with E-state index in [1.807, 2.05) is 6.07 Å². The summed E-state index contributed by atoms with van der Waals surface area (Å²) in [4.78, 5) is 18.4. The van der Waals surface area contributed by atoms with Gasteiger partial charge in [0.25, 0.3) is 0 Å². The van der Waals surface area contributed by atoms with E-state index in [0.717, 1.165) is 31.7 Å². The van der Waals surface area contributed by atoms with Crippen LogP contribution in [-0.4, -0.2) is 66.2 Å². The molecule has 1 aliphatic rings. The number of ether oxygens (including phenoxy) is 2. The number of esters is 1. The number of phenols is 1. The van der Waals surface area contributed by atoms with Crippen LogP contribution in [0.2, 0.25) is 0 Å². The Morgan fingerprint density at radius 1 is 1.26 bits per heavy atom. The highest BCUT2D eigenvalue weighted by Gasteiger charge is 2.21. The molecule has 0 radical (unpaired) electrons. The first-order chi connectivity index (χ1) is 17.0. The average Bonchev–Trinajstić information content (AvgIpc) is 3.42. The minimum absolute atomic E-state index is 0.103. The molecule has 1 unspecified atom stereocenters. The van der Waals surface area contributed by atoms with Gasteiger partial charge in [0.1, 0.15) is 35.8 Å². The van der Waals surface area contributed by atoms with E-state index >= 15 is 0 Å². The third kappa shape index (κ3) is 6.52. The molecule has 9 heteroatoms. The van der Waals surface area contributed by atoms with Gasteiger partial charge in [0, 0.05) is 31.9 Å². The van der Waals surface area contributed by atoms with Gasteiger partial charge in [-0.15, -0.1) is 0 Å². The van der Waals surface area contributed by atoms with Crippen molar-refractivity contribution in [3.8, 4) is 22.8 Å². The molecule has 0 bridgehead atoms. The maximum atomic E-state index is 11.8. The number of nitrogens with one attached hydrogen (secondary N) is 1. The molecule has 1 aromatic carbocycles. The smallest absolute Gasteiger partial charge is 0.339 e. The number of nitrogens with zero attached hydrogens (tertiary/aromatic N) is 2. The number of hydrogen-bond acceptors (Lipinski definition) is 9. The van der Waals surface area contributed by atoms with Crippen LogP contribution >= 0.6 is 0 Å². The minimum Gasteiger partial charge on any atom is -0.507 e. The first kappa shape index (κ1) is 24.6. The van der Waals surface area contributed by atoms with Gasteiger partial charge < -0.3 is 34.3 Å². The topological polar surface area (TPSA) is 117 Å². The molecule has 3 heterocycles. The molecule has 1 fully saturated rings. The minimum atomic E-state index is -0.675. The summed E-state index contributed by atoms with van der Waals surface area (Å²) in [5, 5.41) is 23.8. The summed E-state index contributed by atoms with van der Waals surface area (Å²) in [5.41, 5.74) is 0.991. The van der Waals surface area contributed by atoms with Crippen LogP contribution in [0.15, 0.2) is 59.3 Å². The number of hydrogen-bond donors (Lipinski definition) is 3. The van der Waals surface area contributed by atoms with Crippen LogP contribution in [0.5, 0.6) is 11.5 Å². The fourth-order valence-corrected chi connectivity index (χ4v) is 4.01. The summed E-state index contributed by atoms with van der Waals surface area (Å²) in [5.74, 6) is 1.67. The summed E-state index contributed by atoms with van der Waals surface area (Å²) in [6.45, 7) is 4.33. The van der Waals surface area contributed by atoms with E-state index in [0.29, 0.717) is 41.8 Å². The number of carbonyl (C=O) groups is 1. The molecule has 0 spiro atoms. The van der Waals surface area contributed by atoms with Crippen LogP contribution < -0.4 is 15.0 Å². The van der Waals surface area contributed by atoms with Crippen molar-refractivity contribution in [2.24, 2.45) is 0 Å². The van der Waals surface area contributed by atoms with Crippen LogP contribution in [0.25, 0.3) is 11.3 Å². The third-order valence-corrected chi connectivity index (χ3v) is 5.92. The van der Waals surface area contributed by atoms with Crippen molar-refractivity contribution in [3.05, 3.63) is 60.5 Å². The molecule has 1 aliphatic heterocycles. The van der Waals surface area contributed by atoms with Gasteiger partial charge in [-0.25, -0.2) is 9.78 Å². The largest absolute Gasteiger partial charge is 0.507 e. The van der Waals surface area contributed by atoms with Crippen LogP contribution in [0.1, 0.15) is 30.1 Å². The molecule has 1 saturated heterocycles. The normalized spacial score (nSPS) is 15.1. The fraction of sp³-hybridized carbons (Fsp3) is 0.385. The third-order valence-electron chi connectivity index (χ3n) is 5.92. The quantitative estimate of drug-likeness (QED) is 0.375. The number of pyridine rings is 1. The molecule has 0 saturated carbocycles. The van der Waals surface area contributed by atoms with E-state index in [4.69, 9.17) is 13.9 Å². The van der Waals surface area contributed by atoms with Gasteiger partial charge in [0.05, 0.1) is 24.0 Å². The number of aromatic nitrogens is 1. The van der Waals surface area contributed by atoms with Crippen molar-refractivity contribution in [1.82, 2.24) is 10.3 Å². The summed E-state index contributed by atoms with van der Waals surface area (Å²) in [7, 11) is 0. The second kappa shape index (κ2) is 11.7. The van der Waals surface area contributed by atoms with E-state index in [1.54, 1.807) is 55.8 Å². The zero-order valence-electron chi connectivity index (χ0n) is 19.7. The lowest BCUT2D eigenvalue weighted by Crippen LogP contribution is -2.45. The predicted octanol–water partition coefficient (Wildman–Crippen LogP) is 3.22. The number of anilines is 1. The van der Waals surface area contributed by atoms with E-state index in [9.17, 15) is 15.0 Å². The lowest BCUT2D eigenvalue weighted by Gasteiger charge is -2.33. The van der Waals surface area contributed by atoms with Crippen LogP contribution in [-0.2, 0) is 4.74 Å². The number of benzene rings is 1. The second-order valence-electron chi connectivity index (χ2n) is 8.42. The molecule has 0 amide bonds. The van der Waals surface area contributed by atoms with Gasteiger partial charge in [-0.2, -0.15) is 0 Å². The van der Waals surface area contributed by atoms with Gasteiger partial charge in [-0.1, -0.05) is 0 Å². The summed E-state index contributed by atoms with van der Waals surface area (Å²) >= 11 is 0. The molecule has 1 atom stereocenters. The van der Waals surface area contributed by atoms with E-state index in [2.05, 4.69) is 15.2 Å². The highest BCUT2D eigenvalue weighted by atomic mass is 16.5. The zero-order chi connectivity index (χ0) is 24.6. The zero-order valence-corrected chi connectivity index (χ0v) is 19.7. The molecule has 0 aliphatic carbocycles. The number of aromatic hydroxyl groups is 1. The number of carbonyl (C=O) groups excluding carboxylic acids is 1. The number of aliphatic hydroxyl groups is 1. The average molecular weight is 482 g/mol. The van der Waals surface area contributed by atoms with Gasteiger partial charge in [0.15, 0.2) is 0 Å². The molecule has 186 valence electrons. The molecule has 9 nitrogen and oxygen atoms in total. The van der Waals surface area contributed by atoms with Crippen molar-refractivity contribution in [1.29, 1.82) is 0 Å². The number of rotatable bonds is 10. The van der Waals surface area contributed by atoms with Crippen molar-refractivity contribution >= 4 is 11.8 Å². The second-order valence-corrected chi connectivity index (χ2v) is 8.42. The Kier molecular flexibility index (Phi) is 8.23. The molecule has 3 aromatic rings. The van der Waals surface area contributed by atoms with Gasteiger partial charge in [-0.05, 0) is 62.2 Å². The van der Waals surface area contributed by atoms with Gasteiger partial charge in [0.2, 0.25) is 0 Å². The molecular formula is C26H31N3O6. The van der Waals surface area contributed by atoms with Crippen molar-refractivity contribution in [3.63, 3.8) is 0 Å². The fourth-order valence-electron chi connectivity index (χ4n) is 4.01. The SMILES string of the molecule is CCOC(=O)c1ccc(N2CCC(NCC(O)COc3ccc(O)c(-c4ccco4)c3)CC2)nc1. The number of furan rings is 1. The maximum absolute atomic E-state index is 11.8. The van der Waals surface area contributed by atoms with Crippen molar-refractivity contribution in [2.45, 2.75) is 31.9 Å². The molecule has 3 N–H and O–H groups in total. The van der Waals surface area contributed by atoms with Crippen LogP contribution in [0.4, 0.5) is 5.82 Å². The molecule has 4 rings (SSSR count). The first-order valence-corrected chi connectivity index (χ1v) is 11.8. The highest BCUT2D eigenvalue weighted by Crippen LogP contribution is 2.32. The highest BCUT2D eigenvalue weighted by molar-refractivity contribution is 5.89. The first-order valence-electron chi connectivity index (χ1n) is 11.8. The van der Waals surface area contributed by atoms with Gasteiger partial charge in [-0.3, -0.25) is 0 Å². The standard InChI is InChI=1S/C26H31N3O6/c1-2-33-26(32)18-5-8-25(28-15-18)29-11-9-19(10-12-29)27-16-20(30)17-35-21-6-7-23(31)22(14-21)24-4-3-13-34-24/h3-8,13-15,19-20,27,30-31H,2,9-12,16-17H2,1H3. The lowest BCUT2D eigenvalue weighted by molar-refractivity contribution is 0.0526. The molecule has 2 aromatic heterocycles. The Balaban J connectivity index is 1.19. The summed E-state index contributed by atoms with van der Waals surface area (Å²) < 4.78 is 16.1. The Labute approximate surface area is 204 Å². The van der Waals surface area contributed by atoms with E-state index in [1.165, 1.54) is 0 Å². The summed E-state index contributed by atoms with van der Waals surface area (Å²) in [6.07, 6.45) is 4.25. The van der Waals surface area contributed by atoms with Crippen LogP contribution in [0, 0.1) is 0 Å². The summed E-state index contributed by atoms with van der Waals surface area (Å²) in [6, 6.07) is 12.3. The number of piperidine rings is 1. The Morgan fingerprint density at radius 3 is 2.77 bits per heavy atom. The van der Waals surface area contributed by atoms with Gasteiger partial charge >= 0.3 is 5.97 Å². The predicted molar refractivity (Wildman–Crippen MR) is 131 cm³/mol. The molecule has 35 heavy (non-hydrogen) atoms. The van der Waals surface area contributed by atoms with Crippen molar-refractivity contribution in [2.75, 3.05) is 37.7 Å². The maximum Gasteiger partial charge on any atom is 0.339 e. The Bertz CT molecular complexity index is 1080. The lowest BCUT2D eigenvalue weighted by atomic mass is 10.0. The monoisotopic (exact) mass is 481 g/mol. The van der Waals surface area contributed by atoms with E-state index in [-0.39, 0.29) is 18.3 Å². The van der Waals surface area contributed by atoms with E-state index < -0.39 is 6.10 Å². The Hall–Kier alpha value is -3.56. The Morgan fingerprint density at radius 2 is 2.09 bits per heavy atom. The number of aliphatic hydroxyl groups excluding tert-OH is 1. The number of phenolic OH excluding ortho intramolecular Hbond substituents is 1. The van der Waals surface area contributed by atoms with Crippen LogP contribution in [0.3, 0.4) is 0 Å². The molecular weight excluding hydrogens is 450 g/mol.